The van der Waals surface area contributed by atoms with E-state index < -0.39 is 11.9 Å². The molecule has 94 valence electrons. The number of nitrogens with two attached hydrogens (primary N) is 1. The van der Waals surface area contributed by atoms with Crippen LogP contribution in [0.4, 0.5) is 4.39 Å². The lowest BCUT2D eigenvalue weighted by Gasteiger charge is -2.17. The third kappa shape index (κ3) is 2.40. The Balaban J connectivity index is 2.48. The van der Waals surface area contributed by atoms with Crippen LogP contribution in [0.2, 0.25) is 5.02 Å². The molecule has 2 N–H and O–H groups in total. The zero-order chi connectivity index (χ0) is 13.3. The van der Waals surface area contributed by atoms with E-state index in [-0.39, 0.29) is 5.02 Å². The number of hydrogen-bond acceptors (Lipinski definition) is 1. The van der Waals surface area contributed by atoms with Crippen LogP contribution in [0.25, 0.3) is 0 Å². The van der Waals surface area contributed by atoms with Gasteiger partial charge in [-0.2, -0.15) is 0 Å². The lowest BCUT2D eigenvalue weighted by molar-refractivity contribution is 0.624. The SMILES string of the molecule is Cc1ccc(C(N)c2cccc(F)c2Cl)c(C)c1. The zero-order valence-electron chi connectivity index (χ0n) is 10.4. The summed E-state index contributed by atoms with van der Waals surface area (Å²) >= 11 is 5.97. The van der Waals surface area contributed by atoms with Crippen molar-refractivity contribution in [3.63, 3.8) is 0 Å². The van der Waals surface area contributed by atoms with Crippen molar-refractivity contribution in [2.45, 2.75) is 19.9 Å². The summed E-state index contributed by atoms with van der Waals surface area (Å²) in [5, 5.41) is 0.102. The molecule has 0 amide bonds. The molecule has 18 heavy (non-hydrogen) atoms. The fourth-order valence-corrected chi connectivity index (χ4v) is 2.35. The maximum absolute atomic E-state index is 13.4. The molecule has 0 spiro atoms. The molecule has 0 saturated heterocycles. The van der Waals surface area contributed by atoms with E-state index in [1.165, 1.54) is 11.6 Å². The average molecular weight is 264 g/mol. The van der Waals surface area contributed by atoms with E-state index in [1.807, 2.05) is 26.0 Å². The molecule has 0 radical (unpaired) electrons. The van der Waals surface area contributed by atoms with E-state index in [1.54, 1.807) is 12.1 Å². The zero-order valence-corrected chi connectivity index (χ0v) is 11.1. The molecule has 1 unspecified atom stereocenters. The minimum Gasteiger partial charge on any atom is -0.320 e. The first-order valence-corrected chi connectivity index (χ1v) is 6.15. The van der Waals surface area contributed by atoms with Gasteiger partial charge in [0, 0.05) is 0 Å². The van der Waals surface area contributed by atoms with Crippen LogP contribution in [-0.2, 0) is 0 Å². The Morgan fingerprint density at radius 3 is 2.50 bits per heavy atom. The Hall–Kier alpha value is -1.38. The first kappa shape index (κ1) is 13.1. The predicted octanol–water partition coefficient (Wildman–Crippen LogP) is 4.14. The van der Waals surface area contributed by atoms with Crippen LogP contribution < -0.4 is 5.73 Å². The van der Waals surface area contributed by atoms with Crippen molar-refractivity contribution in [3.05, 3.63) is 69.5 Å². The van der Waals surface area contributed by atoms with Gasteiger partial charge in [-0.1, -0.05) is 47.5 Å². The van der Waals surface area contributed by atoms with Crippen molar-refractivity contribution in [1.82, 2.24) is 0 Å². The third-order valence-corrected chi connectivity index (χ3v) is 3.48. The molecule has 2 aromatic carbocycles. The third-order valence-electron chi connectivity index (χ3n) is 3.08. The predicted molar refractivity (Wildman–Crippen MR) is 73.4 cm³/mol. The van der Waals surface area contributed by atoms with Crippen LogP contribution in [0.3, 0.4) is 0 Å². The first-order valence-electron chi connectivity index (χ1n) is 5.77. The summed E-state index contributed by atoms with van der Waals surface area (Å²) in [6.07, 6.45) is 0. The van der Waals surface area contributed by atoms with Gasteiger partial charge in [0.1, 0.15) is 5.82 Å². The second-order valence-corrected chi connectivity index (χ2v) is 4.86. The first-order chi connectivity index (χ1) is 8.50. The summed E-state index contributed by atoms with van der Waals surface area (Å²) in [4.78, 5) is 0. The highest BCUT2D eigenvalue weighted by Crippen LogP contribution is 2.30. The van der Waals surface area contributed by atoms with Gasteiger partial charge in [-0.05, 0) is 36.6 Å². The Bertz CT molecular complexity index is 581. The van der Waals surface area contributed by atoms with Crippen LogP contribution in [-0.4, -0.2) is 0 Å². The maximum Gasteiger partial charge on any atom is 0.142 e. The van der Waals surface area contributed by atoms with Crippen molar-refractivity contribution in [1.29, 1.82) is 0 Å². The number of benzene rings is 2. The van der Waals surface area contributed by atoms with Crippen molar-refractivity contribution >= 4 is 11.6 Å². The Morgan fingerprint density at radius 1 is 1.11 bits per heavy atom. The highest BCUT2D eigenvalue weighted by atomic mass is 35.5. The molecule has 1 nitrogen and oxygen atoms in total. The summed E-state index contributed by atoms with van der Waals surface area (Å²) in [5.74, 6) is -0.436. The molecule has 0 aliphatic carbocycles. The minimum absolute atomic E-state index is 0.102. The van der Waals surface area contributed by atoms with E-state index in [0.29, 0.717) is 5.56 Å². The molecular formula is C15H15ClFN. The lowest BCUT2D eigenvalue weighted by atomic mass is 9.94. The lowest BCUT2D eigenvalue weighted by Crippen LogP contribution is -2.14. The smallest absolute Gasteiger partial charge is 0.142 e. The molecule has 0 aromatic heterocycles. The second kappa shape index (κ2) is 5.09. The van der Waals surface area contributed by atoms with Crippen molar-refractivity contribution in [2.75, 3.05) is 0 Å². The molecule has 2 aromatic rings. The molecule has 3 heteroatoms. The molecule has 0 aliphatic rings. The van der Waals surface area contributed by atoms with Gasteiger partial charge in [0.05, 0.1) is 11.1 Å². The quantitative estimate of drug-likeness (QED) is 0.866. The summed E-state index contributed by atoms with van der Waals surface area (Å²) < 4.78 is 13.4. The van der Waals surface area contributed by atoms with Crippen LogP contribution >= 0.6 is 11.6 Å². The minimum atomic E-state index is -0.436. The maximum atomic E-state index is 13.4. The highest BCUT2D eigenvalue weighted by Gasteiger charge is 2.16. The molecule has 0 fully saturated rings. The topological polar surface area (TPSA) is 26.0 Å². The summed E-state index contributed by atoms with van der Waals surface area (Å²) in [7, 11) is 0. The van der Waals surface area contributed by atoms with E-state index in [0.717, 1.165) is 11.1 Å². The van der Waals surface area contributed by atoms with Gasteiger partial charge in [-0.3, -0.25) is 0 Å². The van der Waals surface area contributed by atoms with E-state index in [4.69, 9.17) is 17.3 Å². The van der Waals surface area contributed by atoms with Gasteiger partial charge in [0.2, 0.25) is 0 Å². The Labute approximate surface area is 111 Å². The Kier molecular flexibility index (Phi) is 3.69. The van der Waals surface area contributed by atoms with Gasteiger partial charge in [-0.15, -0.1) is 0 Å². The van der Waals surface area contributed by atoms with Crippen molar-refractivity contribution in [2.24, 2.45) is 5.73 Å². The highest BCUT2D eigenvalue weighted by molar-refractivity contribution is 6.31. The number of halogens is 2. The summed E-state index contributed by atoms with van der Waals surface area (Å²) in [6.45, 7) is 4.02. The van der Waals surface area contributed by atoms with E-state index in [9.17, 15) is 4.39 Å². The molecule has 1 atom stereocenters. The van der Waals surface area contributed by atoms with Gasteiger partial charge < -0.3 is 5.73 Å². The monoisotopic (exact) mass is 263 g/mol. The summed E-state index contributed by atoms with van der Waals surface area (Å²) in [6, 6.07) is 10.3. The van der Waals surface area contributed by atoms with Crippen LogP contribution in [0, 0.1) is 19.7 Å². The van der Waals surface area contributed by atoms with Crippen LogP contribution in [0.1, 0.15) is 28.3 Å². The Morgan fingerprint density at radius 2 is 1.83 bits per heavy atom. The largest absolute Gasteiger partial charge is 0.320 e. The van der Waals surface area contributed by atoms with Gasteiger partial charge in [-0.25, -0.2) is 4.39 Å². The molecule has 0 heterocycles. The normalized spacial score (nSPS) is 12.5. The molecular weight excluding hydrogens is 249 g/mol. The molecule has 0 aliphatic heterocycles. The average Bonchev–Trinajstić information content (AvgIpc) is 2.32. The molecule has 0 saturated carbocycles. The van der Waals surface area contributed by atoms with Gasteiger partial charge in [0.25, 0.3) is 0 Å². The van der Waals surface area contributed by atoms with E-state index in [2.05, 4.69) is 6.07 Å². The molecule has 2 rings (SSSR count). The molecule has 0 bridgehead atoms. The second-order valence-electron chi connectivity index (χ2n) is 4.48. The van der Waals surface area contributed by atoms with E-state index >= 15 is 0 Å². The number of hydrogen-bond donors (Lipinski definition) is 1. The van der Waals surface area contributed by atoms with Gasteiger partial charge >= 0.3 is 0 Å². The van der Waals surface area contributed by atoms with Crippen LogP contribution in [0.5, 0.6) is 0 Å². The number of aryl methyl sites for hydroxylation is 2. The van der Waals surface area contributed by atoms with Crippen molar-refractivity contribution in [3.8, 4) is 0 Å². The number of rotatable bonds is 2. The van der Waals surface area contributed by atoms with Gasteiger partial charge in [0.15, 0.2) is 0 Å². The standard InChI is InChI=1S/C15H15ClFN/c1-9-6-7-11(10(2)8-9)15(18)12-4-3-5-13(17)14(12)16/h3-8,15H,18H2,1-2H3. The van der Waals surface area contributed by atoms with Crippen LogP contribution in [0.15, 0.2) is 36.4 Å². The van der Waals surface area contributed by atoms with Crippen molar-refractivity contribution < 1.29 is 4.39 Å². The summed E-state index contributed by atoms with van der Waals surface area (Å²) in [5.41, 5.74) is 10.0. The fourth-order valence-electron chi connectivity index (χ4n) is 2.10. The fraction of sp³-hybridized carbons (Fsp3) is 0.200.